The topological polar surface area (TPSA) is 136 Å². The average Bonchev–Trinajstić information content (AvgIpc) is 2.77. The van der Waals surface area contributed by atoms with Crippen molar-refractivity contribution in [3.05, 3.63) is 12.2 Å². The van der Waals surface area contributed by atoms with Gasteiger partial charge in [0.25, 0.3) is 0 Å². The molecular formula is C26H42O9. The number of carboxylic acid groups (broad SMARTS) is 1. The average molecular weight is 499 g/mol. The molecule has 1 saturated carbocycles. The Hall–Kier alpha value is -2.42. The van der Waals surface area contributed by atoms with Gasteiger partial charge in [-0.3, -0.25) is 14.4 Å². The van der Waals surface area contributed by atoms with Crippen molar-refractivity contribution in [2.75, 3.05) is 13.7 Å². The summed E-state index contributed by atoms with van der Waals surface area (Å²) in [5.74, 6) is -2.77. The van der Waals surface area contributed by atoms with Gasteiger partial charge in [-0.2, -0.15) is 0 Å². The van der Waals surface area contributed by atoms with Crippen LogP contribution in [-0.2, 0) is 33.4 Å². The lowest BCUT2D eigenvalue weighted by atomic mass is 9.65. The minimum absolute atomic E-state index is 0.0263. The number of hydrogen-bond donors (Lipinski definition) is 2. The van der Waals surface area contributed by atoms with E-state index in [9.17, 15) is 29.4 Å². The maximum absolute atomic E-state index is 13.2. The van der Waals surface area contributed by atoms with Gasteiger partial charge >= 0.3 is 23.9 Å². The monoisotopic (exact) mass is 498 g/mol. The minimum Gasteiger partial charge on any atom is -0.481 e. The van der Waals surface area contributed by atoms with E-state index in [0.29, 0.717) is 31.3 Å². The molecule has 1 fully saturated rings. The molecule has 2 N–H and O–H groups in total. The van der Waals surface area contributed by atoms with Crippen LogP contribution in [0.15, 0.2) is 12.2 Å². The highest BCUT2D eigenvalue weighted by Crippen LogP contribution is 2.45. The zero-order valence-corrected chi connectivity index (χ0v) is 22.1. The molecule has 9 nitrogen and oxygen atoms in total. The number of methoxy groups -OCH3 is 1. The number of aliphatic hydroxyl groups excluding tert-OH is 1. The molecule has 5 unspecified atom stereocenters. The van der Waals surface area contributed by atoms with E-state index < -0.39 is 52.3 Å². The Kier molecular flexibility index (Phi) is 10.5. The van der Waals surface area contributed by atoms with Crippen molar-refractivity contribution in [3.63, 3.8) is 0 Å². The Morgan fingerprint density at radius 3 is 2.06 bits per heavy atom. The second-order valence-electron chi connectivity index (χ2n) is 11.1. The summed E-state index contributed by atoms with van der Waals surface area (Å²) in [6.45, 7) is 13.4. The second-order valence-corrected chi connectivity index (χ2v) is 11.1. The van der Waals surface area contributed by atoms with Gasteiger partial charge in [0.15, 0.2) is 0 Å². The Labute approximate surface area is 208 Å². The van der Waals surface area contributed by atoms with Crippen LogP contribution < -0.4 is 0 Å². The molecule has 1 aliphatic rings. The number of aliphatic hydroxyl groups is 1. The summed E-state index contributed by atoms with van der Waals surface area (Å²) < 4.78 is 15.7. The first-order valence-electron chi connectivity index (χ1n) is 12.0. The molecule has 0 aromatic carbocycles. The Morgan fingerprint density at radius 1 is 1.00 bits per heavy atom. The van der Waals surface area contributed by atoms with E-state index in [1.54, 1.807) is 34.6 Å². The lowest BCUT2D eigenvalue weighted by Crippen LogP contribution is -2.46. The number of aliphatic carboxylic acids is 1. The van der Waals surface area contributed by atoms with Gasteiger partial charge in [-0.1, -0.05) is 13.5 Å². The van der Waals surface area contributed by atoms with Gasteiger partial charge in [0.05, 0.1) is 36.1 Å². The van der Waals surface area contributed by atoms with Crippen molar-refractivity contribution in [1.29, 1.82) is 0 Å². The van der Waals surface area contributed by atoms with Gasteiger partial charge in [-0.05, 0) is 79.1 Å². The van der Waals surface area contributed by atoms with E-state index >= 15 is 0 Å². The molecule has 0 radical (unpaired) electrons. The molecule has 0 spiro atoms. The van der Waals surface area contributed by atoms with E-state index in [-0.39, 0.29) is 25.4 Å². The molecule has 1 rings (SSSR count). The first kappa shape index (κ1) is 30.6. The molecule has 0 aromatic heterocycles. The SMILES string of the molecule is C=C(C)C(=O)OCC1CCC(OC(=O)C(C)(CC)CC(C)(CC(C)(C)C(=O)OC)C(=O)O)C(O)C1. The van der Waals surface area contributed by atoms with E-state index in [1.165, 1.54) is 14.0 Å². The Morgan fingerprint density at radius 2 is 1.60 bits per heavy atom. The van der Waals surface area contributed by atoms with Crippen molar-refractivity contribution in [3.8, 4) is 0 Å². The summed E-state index contributed by atoms with van der Waals surface area (Å²) in [6, 6.07) is 0. The maximum atomic E-state index is 13.2. The molecule has 0 aliphatic heterocycles. The fraction of sp³-hybridized carbons (Fsp3) is 0.769. The van der Waals surface area contributed by atoms with E-state index in [4.69, 9.17) is 14.2 Å². The molecule has 0 aromatic rings. The van der Waals surface area contributed by atoms with Crippen LogP contribution in [-0.4, -0.2) is 60.0 Å². The molecule has 0 saturated heterocycles. The van der Waals surface area contributed by atoms with Crippen LogP contribution in [0.5, 0.6) is 0 Å². The molecule has 5 atom stereocenters. The molecule has 0 heterocycles. The molecule has 200 valence electrons. The molecular weight excluding hydrogens is 456 g/mol. The predicted octanol–water partition coefficient (Wildman–Crippen LogP) is 3.67. The lowest BCUT2D eigenvalue weighted by molar-refractivity contribution is -0.175. The zero-order valence-electron chi connectivity index (χ0n) is 22.1. The standard InChI is InChI=1S/C26H42O9/c1-9-25(6,15-26(7,21(29)30)14-24(4,5)22(31)33-8)23(32)35-19-11-10-17(12-18(19)27)13-34-20(28)16(2)3/h17-19,27H,2,9-15H2,1,3-8H3,(H,29,30). The van der Waals surface area contributed by atoms with Gasteiger partial charge < -0.3 is 24.4 Å². The Bertz CT molecular complexity index is 818. The lowest BCUT2D eigenvalue weighted by Gasteiger charge is -2.40. The quantitative estimate of drug-likeness (QED) is 0.235. The fourth-order valence-electron chi connectivity index (χ4n) is 4.83. The largest absolute Gasteiger partial charge is 0.481 e. The summed E-state index contributed by atoms with van der Waals surface area (Å²) in [5.41, 5.74) is -3.31. The van der Waals surface area contributed by atoms with E-state index in [2.05, 4.69) is 6.58 Å². The van der Waals surface area contributed by atoms with Gasteiger partial charge in [-0.15, -0.1) is 0 Å². The summed E-state index contributed by atoms with van der Waals surface area (Å²) in [7, 11) is 1.25. The van der Waals surface area contributed by atoms with Crippen LogP contribution in [0.25, 0.3) is 0 Å². The van der Waals surface area contributed by atoms with Crippen molar-refractivity contribution < 1.29 is 43.6 Å². The molecule has 0 bridgehead atoms. The number of ether oxygens (including phenoxy) is 3. The zero-order chi connectivity index (χ0) is 27.2. The predicted molar refractivity (Wildman–Crippen MR) is 128 cm³/mol. The number of esters is 3. The molecule has 1 aliphatic carbocycles. The minimum atomic E-state index is -1.40. The van der Waals surface area contributed by atoms with Crippen LogP contribution in [0.2, 0.25) is 0 Å². The van der Waals surface area contributed by atoms with Crippen molar-refractivity contribution in [2.24, 2.45) is 22.2 Å². The second kappa shape index (κ2) is 12.0. The van der Waals surface area contributed by atoms with Crippen LogP contribution in [0.3, 0.4) is 0 Å². The smallest absolute Gasteiger partial charge is 0.333 e. The van der Waals surface area contributed by atoms with E-state index in [0.717, 1.165) is 0 Å². The Balaban J connectivity index is 2.90. The summed E-state index contributed by atoms with van der Waals surface area (Å²) in [5, 5.41) is 20.6. The normalized spacial score (nSPS) is 23.8. The van der Waals surface area contributed by atoms with Gasteiger partial charge in [0.1, 0.15) is 6.10 Å². The van der Waals surface area contributed by atoms with Crippen molar-refractivity contribution in [2.45, 2.75) is 92.3 Å². The highest BCUT2D eigenvalue weighted by atomic mass is 16.6. The number of hydrogen-bond acceptors (Lipinski definition) is 8. The van der Waals surface area contributed by atoms with Crippen molar-refractivity contribution in [1.82, 2.24) is 0 Å². The molecule has 35 heavy (non-hydrogen) atoms. The van der Waals surface area contributed by atoms with Crippen LogP contribution >= 0.6 is 0 Å². The van der Waals surface area contributed by atoms with Crippen LogP contribution in [0.4, 0.5) is 0 Å². The summed E-state index contributed by atoms with van der Waals surface area (Å²) >= 11 is 0. The number of carboxylic acids is 1. The third-order valence-corrected chi connectivity index (χ3v) is 7.06. The number of carbonyl (C=O) groups excluding carboxylic acids is 3. The first-order chi connectivity index (χ1) is 16.0. The van der Waals surface area contributed by atoms with Gasteiger partial charge in [-0.25, -0.2) is 4.79 Å². The summed E-state index contributed by atoms with van der Waals surface area (Å²) in [6.07, 6.45) is -0.111. The van der Waals surface area contributed by atoms with E-state index in [1.807, 2.05) is 0 Å². The van der Waals surface area contributed by atoms with Gasteiger partial charge in [0, 0.05) is 5.57 Å². The van der Waals surface area contributed by atoms with Crippen molar-refractivity contribution >= 4 is 23.9 Å². The highest BCUT2D eigenvalue weighted by Gasteiger charge is 2.49. The third-order valence-electron chi connectivity index (χ3n) is 7.06. The number of carbonyl (C=O) groups is 4. The molecule has 0 amide bonds. The molecule has 9 heteroatoms. The first-order valence-corrected chi connectivity index (χ1v) is 12.0. The third kappa shape index (κ3) is 8.05. The maximum Gasteiger partial charge on any atom is 0.333 e. The summed E-state index contributed by atoms with van der Waals surface area (Å²) in [4.78, 5) is 49.3. The highest BCUT2D eigenvalue weighted by molar-refractivity contribution is 5.87. The van der Waals surface area contributed by atoms with Crippen LogP contribution in [0.1, 0.15) is 80.1 Å². The number of rotatable bonds is 12. The van der Waals surface area contributed by atoms with Gasteiger partial charge in [0.2, 0.25) is 0 Å². The van der Waals surface area contributed by atoms with Crippen LogP contribution in [0, 0.1) is 22.2 Å². The fourth-order valence-corrected chi connectivity index (χ4v) is 4.83.